The molecule has 1 amide bonds. The largest absolute Gasteiger partial charge is 0.354 e. The fourth-order valence-corrected chi connectivity index (χ4v) is 2.08. The van der Waals surface area contributed by atoms with Gasteiger partial charge in [-0.2, -0.15) is 0 Å². The molecule has 0 spiro atoms. The second-order valence-corrected chi connectivity index (χ2v) is 4.31. The van der Waals surface area contributed by atoms with Gasteiger partial charge in [-0.25, -0.2) is 0 Å². The van der Waals surface area contributed by atoms with Crippen LogP contribution in [0.5, 0.6) is 0 Å². The van der Waals surface area contributed by atoms with Gasteiger partial charge in [-0.1, -0.05) is 30.3 Å². The summed E-state index contributed by atoms with van der Waals surface area (Å²) in [4.78, 5) is 11.7. The molecule has 0 bridgehead atoms. The van der Waals surface area contributed by atoms with Crippen LogP contribution in [0.3, 0.4) is 0 Å². The van der Waals surface area contributed by atoms with E-state index in [1.165, 1.54) is 5.56 Å². The van der Waals surface area contributed by atoms with Crippen molar-refractivity contribution in [3.63, 3.8) is 0 Å². The second kappa shape index (κ2) is 5.77. The van der Waals surface area contributed by atoms with Gasteiger partial charge in [-0.3, -0.25) is 4.79 Å². The highest BCUT2D eigenvalue weighted by molar-refractivity contribution is 5.81. The van der Waals surface area contributed by atoms with Crippen molar-refractivity contribution in [2.75, 3.05) is 13.1 Å². The predicted molar refractivity (Wildman–Crippen MR) is 64.0 cm³/mol. The first-order valence-electron chi connectivity index (χ1n) is 6.01. The van der Waals surface area contributed by atoms with E-state index in [0.29, 0.717) is 24.6 Å². The first kappa shape index (κ1) is 12.0. The Balaban J connectivity index is 1.73. The first-order valence-corrected chi connectivity index (χ1v) is 6.01. The minimum atomic E-state index is -0.578. The lowest BCUT2D eigenvalue weighted by Gasteiger charge is -2.14. The van der Waals surface area contributed by atoms with Crippen molar-refractivity contribution in [1.82, 2.24) is 10.4 Å². The summed E-state index contributed by atoms with van der Waals surface area (Å²) in [6.45, 7) is 0.934. The van der Waals surface area contributed by atoms with E-state index in [0.717, 1.165) is 12.8 Å². The summed E-state index contributed by atoms with van der Waals surface area (Å²) >= 11 is 0. The monoisotopic (exact) mass is 236 g/mol. The van der Waals surface area contributed by atoms with Crippen LogP contribution in [0.4, 0.5) is 4.48 Å². The Morgan fingerprint density at radius 1 is 1.41 bits per heavy atom. The van der Waals surface area contributed by atoms with Crippen LogP contribution in [0, 0.1) is 0 Å². The van der Waals surface area contributed by atoms with Crippen molar-refractivity contribution in [2.24, 2.45) is 0 Å². The van der Waals surface area contributed by atoms with Crippen molar-refractivity contribution in [1.29, 1.82) is 0 Å². The normalized spacial score (nSPS) is 20.4. The highest BCUT2D eigenvalue weighted by Crippen LogP contribution is 2.17. The maximum atomic E-state index is 13.2. The third kappa shape index (κ3) is 3.27. The summed E-state index contributed by atoms with van der Waals surface area (Å²) in [5.41, 5.74) is 1.18. The topological polar surface area (TPSA) is 32.3 Å². The number of nitrogens with zero attached hydrogens (tertiary/aromatic N) is 1. The Morgan fingerprint density at radius 2 is 2.18 bits per heavy atom. The molecule has 17 heavy (non-hydrogen) atoms. The molecule has 1 fully saturated rings. The third-order valence-electron chi connectivity index (χ3n) is 3.05. The van der Waals surface area contributed by atoms with E-state index in [-0.39, 0.29) is 5.91 Å². The van der Waals surface area contributed by atoms with E-state index in [4.69, 9.17) is 0 Å². The van der Waals surface area contributed by atoms with E-state index in [2.05, 4.69) is 5.32 Å². The molecule has 0 aromatic heterocycles. The standard InChI is InChI=1S/C13H17FN2O/c14-16-10-4-7-12(16)13(17)15-9-8-11-5-2-1-3-6-11/h1-3,5-6,12H,4,7-10H2,(H,15,17). The number of carbonyl (C=O) groups excluding carboxylic acids is 1. The number of halogens is 1. The Kier molecular flexibility index (Phi) is 4.09. The van der Waals surface area contributed by atoms with Gasteiger partial charge in [0.25, 0.3) is 0 Å². The lowest BCUT2D eigenvalue weighted by Crippen LogP contribution is -2.40. The minimum absolute atomic E-state index is 0.194. The van der Waals surface area contributed by atoms with Crippen LogP contribution in [0.2, 0.25) is 0 Å². The number of hydrogen-bond acceptors (Lipinski definition) is 2. The molecule has 0 radical (unpaired) electrons. The van der Waals surface area contributed by atoms with Crippen LogP contribution in [0.15, 0.2) is 30.3 Å². The molecule has 1 saturated heterocycles. The van der Waals surface area contributed by atoms with E-state index >= 15 is 0 Å². The lowest BCUT2D eigenvalue weighted by atomic mass is 10.1. The molecule has 1 aromatic carbocycles. The SMILES string of the molecule is O=C(NCCc1ccccc1)C1CCCN1F. The Hall–Kier alpha value is -1.42. The summed E-state index contributed by atoms with van der Waals surface area (Å²) in [5.74, 6) is -0.194. The van der Waals surface area contributed by atoms with Gasteiger partial charge in [0.15, 0.2) is 0 Å². The van der Waals surface area contributed by atoms with Crippen molar-refractivity contribution >= 4 is 5.91 Å². The summed E-state index contributed by atoms with van der Waals surface area (Å²) in [7, 11) is 0. The summed E-state index contributed by atoms with van der Waals surface area (Å²) in [6.07, 6.45) is 2.16. The van der Waals surface area contributed by atoms with Gasteiger partial charge in [0.05, 0.1) is 0 Å². The van der Waals surface area contributed by atoms with Gasteiger partial charge < -0.3 is 5.32 Å². The van der Waals surface area contributed by atoms with Crippen LogP contribution >= 0.6 is 0 Å². The lowest BCUT2D eigenvalue weighted by molar-refractivity contribution is -0.131. The second-order valence-electron chi connectivity index (χ2n) is 4.31. The number of amides is 1. The molecular formula is C13H17FN2O. The number of nitrogens with one attached hydrogen (secondary N) is 1. The van der Waals surface area contributed by atoms with Gasteiger partial charge in [0.2, 0.25) is 5.91 Å². The zero-order valence-electron chi connectivity index (χ0n) is 9.73. The van der Waals surface area contributed by atoms with Gasteiger partial charge in [-0.05, 0) is 24.8 Å². The van der Waals surface area contributed by atoms with E-state index < -0.39 is 6.04 Å². The minimum Gasteiger partial charge on any atom is -0.354 e. The molecule has 92 valence electrons. The maximum absolute atomic E-state index is 13.2. The number of rotatable bonds is 4. The molecule has 1 atom stereocenters. The molecule has 1 N–H and O–H groups in total. The molecule has 2 rings (SSSR count). The smallest absolute Gasteiger partial charge is 0.240 e. The van der Waals surface area contributed by atoms with Crippen LogP contribution in [-0.2, 0) is 11.2 Å². The van der Waals surface area contributed by atoms with Crippen LogP contribution in [0.1, 0.15) is 18.4 Å². The Bertz CT molecular complexity index is 369. The molecule has 1 heterocycles. The molecule has 4 heteroatoms. The molecule has 0 saturated carbocycles. The zero-order valence-corrected chi connectivity index (χ0v) is 9.73. The van der Waals surface area contributed by atoms with Gasteiger partial charge in [0, 0.05) is 13.1 Å². The fraction of sp³-hybridized carbons (Fsp3) is 0.462. The van der Waals surface area contributed by atoms with Gasteiger partial charge >= 0.3 is 0 Å². The van der Waals surface area contributed by atoms with E-state index in [1.54, 1.807) is 0 Å². The molecule has 1 aromatic rings. The average molecular weight is 236 g/mol. The number of hydrogen-bond donors (Lipinski definition) is 1. The highest BCUT2D eigenvalue weighted by atomic mass is 19.2. The molecule has 1 aliphatic heterocycles. The van der Waals surface area contributed by atoms with Crippen LogP contribution in [0.25, 0.3) is 0 Å². The maximum Gasteiger partial charge on any atom is 0.240 e. The van der Waals surface area contributed by atoms with Crippen molar-refractivity contribution in [3.05, 3.63) is 35.9 Å². The van der Waals surface area contributed by atoms with E-state index in [9.17, 15) is 9.28 Å². The van der Waals surface area contributed by atoms with Gasteiger partial charge in [0.1, 0.15) is 6.04 Å². The number of benzene rings is 1. The summed E-state index contributed by atoms with van der Waals surface area (Å²) in [6, 6.07) is 9.36. The van der Waals surface area contributed by atoms with Crippen LogP contribution < -0.4 is 5.32 Å². The fourth-order valence-electron chi connectivity index (χ4n) is 2.08. The quantitative estimate of drug-likeness (QED) is 0.807. The third-order valence-corrected chi connectivity index (χ3v) is 3.05. The molecule has 1 aliphatic rings. The predicted octanol–water partition coefficient (Wildman–Crippen LogP) is 1.69. The highest BCUT2D eigenvalue weighted by Gasteiger charge is 2.30. The van der Waals surface area contributed by atoms with Gasteiger partial charge in [-0.15, -0.1) is 9.60 Å². The van der Waals surface area contributed by atoms with Crippen LogP contribution in [-0.4, -0.2) is 30.2 Å². The Morgan fingerprint density at radius 3 is 2.82 bits per heavy atom. The number of carbonyl (C=O) groups is 1. The first-order chi connectivity index (χ1) is 8.27. The summed E-state index contributed by atoms with van der Waals surface area (Å²) < 4.78 is 13.2. The van der Waals surface area contributed by atoms with Crippen molar-refractivity contribution in [3.8, 4) is 0 Å². The average Bonchev–Trinajstić information content (AvgIpc) is 2.77. The molecule has 3 nitrogen and oxygen atoms in total. The van der Waals surface area contributed by atoms with Crippen molar-refractivity contribution < 1.29 is 9.28 Å². The molecular weight excluding hydrogens is 219 g/mol. The zero-order chi connectivity index (χ0) is 12.1. The molecule has 0 aliphatic carbocycles. The molecule has 1 unspecified atom stereocenters. The van der Waals surface area contributed by atoms with Crippen molar-refractivity contribution in [2.45, 2.75) is 25.3 Å². The van der Waals surface area contributed by atoms with E-state index in [1.807, 2.05) is 30.3 Å². The summed E-state index contributed by atoms with van der Waals surface area (Å²) in [5, 5.41) is 3.42. The Labute approximate surface area is 101 Å².